The maximum absolute atomic E-state index is 5.72. The van der Waals surface area contributed by atoms with E-state index in [0.29, 0.717) is 33.0 Å². The van der Waals surface area contributed by atoms with Crippen molar-refractivity contribution < 1.29 is 14.2 Å². The van der Waals surface area contributed by atoms with Gasteiger partial charge in [-0.3, -0.25) is 4.98 Å². The summed E-state index contributed by atoms with van der Waals surface area (Å²) < 4.78 is 16.0. The molecule has 0 saturated heterocycles. The summed E-state index contributed by atoms with van der Waals surface area (Å²) in [5.41, 5.74) is 6.75. The minimum atomic E-state index is -0.0630. The van der Waals surface area contributed by atoms with Crippen molar-refractivity contribution in [1.29, 1.82) is 0 Å². The monoisotopic (exact) mass is 254 g/mol. The van der Waals surface area contributed by atoms with Gasteiger partial charge in [-0.25, -0.2) is 0 Å². The lowest BCUT2D eigenvalue weighted by molar-refractivity contribution is 0.0261. The predicted molar refractivity (Wildman–Crippen MR) is 69.3 cm³/mol. The third-order valence-corrected chi connectivity index (χ3v) is 2.48. The van der Waals surface area contributed by atoms with Crippen molar-refractivity contribution in [3.8, 4) is 0 Å². The van der Waals surface area contributed by atoms with Crippen LogP contribution < -0.4 is 5.73 Å². The summed E-state index contributed by atoms with van der Waals surface area (Å²) in [4.78, 5) is 3.97. The Morgan fingerprint density at radius 2 is 1.94 bits per heavy atom. The molecule has 1 atom stereocenters. The molecule has 0 aliphatic heterocycles. The molecule has 0 bridgehead atoms. The molecular weight excluding hydrogens is 232 g/mol. The van der Waals surface area contributed by atoms with E-state index in [-0.39, 0.29) is 6.10 Å². The SMILES string of the molecule is COCCOCCCOC(CN)c1ccncc1. The third kappa shape index (κ3) is 6.07. The van der Waals surface area contributed by atoms with Crippen LogP contribution in [0.3, 0.4) is 0 Å². The van der Waals surface area contributed by atoms with Gasteiger partial charge in [0.15, 0.2) is 0 Å². The van der Waals surface area contributed by atoms with E-state index in [4.69, 9.17) is 19.9 Å². The van der Waals surface area contributed by atoms with E-state index >= 15 is 0 Å². The summed E-state index contributed by atoms with van der Waals surface area (Å²) in [5, 5.41) is 0. The van der Waals surface area contributed by atoms with E-state index in [1.807, 2.05) is 12.1 Å². The fourth-order valence-corrected chi connectivity index (χ4v) is 1.51. The fraction of sp³-hybridized carbons (Fsp3) is 0.615. The van der Waals surface area contributed by atoms with Crippen molar-refractivity contribution in [3.05, 3.63) is 30.1 Å². The van der Waals surface area contributed by atoms with Crippen LogP contribution in [0.1, 0.15) is 18.1 Å². The molecule has 2 N–H and O–H groups in total. The van der Waals surface area contributed by atoms with E-state index in [9.17, 15) is 0 Å². The molecule has 1 unspecified atom stereocenters. The zero-order chi connectivity index (χ0) is 13.1. The molecule has 1 aromatic rings. The molecule has 0 saturated carbocycles. The number of nitrogens with zero attached hydrogens (tertiary/aromatic N) is 1. The normalized spacial score (nSPS) is 12.6. The first-order valence-electron chi connectivity index (χ1n) is 6.16. The van der Waals surface area contributed by atoms with Gasteiger partial charge in [-0.1, -0.05) is 0 Å². The van der Waals surface area contributed by atoms with Crippen LogP contribution in [-0.2, 0) is 14.2 Å². The minimum Gasteiger partial charge on any atom is -0.382 e. The first kappa shape index (κ1) is 15.0. The number of ether oxygens (including phenoxy) is 3. The number of rotatable bonds is 10. The largest absolute Gasteiger partial charge is 0.382 e. The number of hydrogen-bond donors (Lipinski definition) is 1. The summed E-state index contributed by atoms with van der Waals surface area (Å²) in [6.07, 6.45) is 4.28. The number of hydrogen-bond acceptors (Lipinski definition) is 5. The second kappa shape index (κ2) is 9.96. The Balaban J connectivity index is 2.13. The number of pyridine rings is 1. The molecular formula is C13H22N2O3. The standard InChI is InChI=1S/C13H22N2O3/c1-16-9-10-17-7-2-8-18-13(11-14)12-3-5-15-6-4-12/h3-6,13H,2,7-11,14H2,1H3. The van der Waals surface area contributed by atoms with Crippen molar-refractivity contribution in [3.63, 3.8) is 0 Å². The molecule has 0 aromatic carbocycles. The van der Waals surface area contributed by atoms with Gasteiger partial charge < -0.3 is 19.9 Å². The van der Waals surface area contributed by atoms with Gasteiger partial charge in [0, 0.05) is 39.3 Å². The summed E-state index contributed by atoms with van der Waals surface area (Å²) in [7, 11) is 1.66. The summed E-state index contributed by atoms with van der Waals surface area (Å²) in [6.45, 7) is 3.03. The third-order valence-electron chi connectivity index (χ3n) is 2.48. The summed E-state index contributed by atoms with van der Waals surface area (Å²) >= 11 is 0. The number of nitrogens with two attached hydrogens (primary N) is 1. The second-order valence-corrected chi connectivity index (χ2v) is 3.83. The van der Waals surface area contributed by atoms with Crippen LogP contribution in [-0.4, -0.2) is 45.1 Å². The van der Waals surface area contributed by atoms with Crippen molar-refractivity contribution in [2.24, 2.45) is 5.73 Å². The Morgan fingerprint density at radius 3 is 2.61 bits per heavy atom. The molecule has 0 aliphatic rings. The van der Waals surface area contributed by atoms with Gasteiger partial charge in [0.2, 0.25) is 0 Å². The average molecular weight is 254 g/mol. The van der Waals surface area contributed by atoms with Gasteiger partial charge in [-0.15, -0.1) is 0 Å². The van der Waals surface area contributed by atoms with E-state index in [1.165, 1.54) is 0 Å². The van der Waals surface area contributed by atoms with Crippen LogP contribution in [0.4, 0.5) is 0 Å². The fourth-order valence-electron chi connectivity index (χ4n) is 1.51. The van der Waals surface area contributed by atoms with E-state index in [2.05, 4.69) is 4.98 Å². The van der Waals surface area contributed by atoms with Crippen LogP contribution in [0.25, 0.3) is 0 Å². The lowest BCUT2D eigenvalue weighted by Crippen LogP contribution is -2.17. The molecule has 0 amide bonds. The Kier molecular flexibility index (Phi) is 8.33. The molecule has 1 aromatic heterocycles. The quantitative estimate of drug-likeness (QED) is 0.634. The second-order valence-electron chi connectivity index (χ2n) is 3.83. The van der Waals surface area contributed by atoms with Gasteiger partial charge in [0.25, 0.3) is 0 Å². The Morgan fingerprint density at radius 1 is 1.17 bits per heavy atom. The highest BCUT2D eigenvalue weighted by molar-refractivity contribution is 5.13. The molecule has 0 radical (unpaired) electrons. The lowest BCUT2D eigenvalue weighted by atomic mass is 10.1. The van der Waals surface area contributed by atoms with Gasteiger partial charge in [-0.05, 0) is 24.1 Å². The maximum Gasteiger partial charge on any atom is 0.0948 e. The number of aromatic nitrogens is 1. The smallest absolute Gasteiger partial charge is 0.0948 e. The molecule has 0 spiro atoms. The van der Waals surface area contributed by atoms with Crippen molar-refractivity contribution in [2.75, 3.05) is 40.1 Å². The van der Waals surface area contributed by atoms with E-state index in [1.54, 1.807) is 19.5 Å². The molecule has 1 heterocycles. The van der Waals surface area contributed by atoms with E-state index < -0.39 is 0 Å². The first-order valence-corrected chi connectivity index (χ1v) is 6.16. The highest BCUT2D eigenvalue weighted by atomic mass is 16.5. The van der Waals surface area contributed by atoms with E-state index in [0.717, 1.165) is 12.0 Å². The zero-order valence-corrected chi connectivity index (χ0v) is 10.9. The summed E-state index contributed by atoms with van der Waals surface area (Å²) in [6, 6.07) is 3.85. The molecule has 102 valence electrons. The lowest BCUT2D eigenvalue weighted by Gasteiger charge is -2.16. The number of methoxy groups -OCH3 is 1. The van der Waals surface area contributed by atoms with Crippen molar-refractivity contribution in [1.82, 2.24) is 4.98 Å². The Bertz CT molecular complexity index is 296. The molecule has 0 fully saturated rings. The van der Waals surface area contributed by atoms with Crippen LogP contribution in [0.2, 0.25) is 0 Å². The van der Waals surface area contributed by atoms with Crippen LogP contribution in [0, 0.1) is 0 Å². The van der Waals surface area contributed by atoms with Gasteiger partial charge in [0.1, 0.15) is 0 Å². The van der Waals surface area contributed by atoms with Gasteiger partial charge >= 0.3 is 0 Å². The summed E-state index contributed by atoms with van der Waals surface area (Å²) in [5.74, 6) is 0. The molecule has 1 rings (SSSR count). The van der Waals surface area contributed by atoms with Crippen LogP contribution >= 0.6 is 0 Å². The highest BCUT2D eigenvalue weighted by Gasteiger charge is 2.08. The highest BCUT2D eigenvalue weighted by Crippen LogP contribution is 2.14. The first-order chi connectivity index (χ1) is 8.88. The average Bonchev–Trinajstić information content (AvgIpc) is 2.43. The Hall–Kier alpha value is -1.01. The van der Waals surface area contributed by atoms with Crippen molar-refractivity contribution in [2.45, 2.75) is 12.5 Å². The minimum absolute atomic E-state index is 0.0630. The van der Waals surface area contributed by atoms with Gasteiger partial charge in [0.05, 0.1) is 19.3 Å². The molecule has 18 heavy (non-hydrogen) atoms. The molecule has 5 heteroatoms. The van der Waals surface area contributed by atoms with Gasteiger partial charge in [-0.2, -0.15) is 0 Å². The molecule has 0 aliphatic carbocycles. The maximum atomic E-state index is 5.72. The molecule has 5 nitrogen and oxygen atoms in total. The Labute approximate surface area is 108 Å². The zero-order valence-electron chi connectivity index (χ0n) is 10.9. The topological polar surface area (TPSA) is 66.6 Å². The van der Waals surface area contributed by atoms with Crippen molar-refractivity contribution >= 4 is 0 Å². The van der Waals surface area contributed by atoms with Crippen LogP contribution in [0.5, 0.6) is 0 Å². The predicted octanol–water partition coefficient (Wildman–Crippen LogP) is 1.15. The van der Waals surface area contributed by atoms with Crippen LogP contribution in [0.15, 0.2) is 24.5 Å².